The Kier molecular flexibility index (Phi) is 5.28. The van der Waals surface area contributed by atoms with Crippen molar-refractivity contribution in [1.82, 2.24) is 10.3 Å². The summed E-state index contributed by atoms with van der Waals surface area (Å²) in [4.78, 5) is 16.6. The first kappa shape index (κ1) is 16.7. The third-order valence-corrected chi connectivity index (χ3v) is 4.75. The number of hydrogen-bond donors (Lipinski definition) is 1. The lowest BCUT2D eigenvalue weighted by Gasteiger charge is -2.04. The Bertz CT molecular complexity index is 843. The average Bonchev–Trinajstić information content (AvgIpc) is 3.03. The average molecular weight is 357 g/mol. The van der Waals surface area contributed by atoms with Crippen molar-refractivity contribution in [3.8, 4) is 10.6 Å². The molecule has 0 bridgehead atoms. The molecular formula is C19H17ClN2OS. The fraction of sp³-hybridized carbons (Fsp3) is 0.158. The van der Waals surface area contributed by atoms with Gasteiger partial charge in [0.25, 0.3) is 0 Å². The van der Waals surface area contributed by atoms with Crippen molar-refractivity contribution in [3.63, 3.8) is 0 Å². The molecule has 122 valence electrons. The van der Waals surface area contributed by atoms with E-state index in [-0.39, 0.29) is 12.3 Å². The minimum Gasteiger partial charge on any atom is -0.352 e. The van der Waals surface area contributed by atoms with Crippen LogP contribution in [0.15, 0.2) is 53.9 Å². The van der Waals surface area contributed by atoms with Gasteiger partial charge in [0.05, 0.1) is 12.1 Å². The van der Waals surface area contributed by atoms with Crippen LogP contribution in [0, 0.1) is 6.92 Å². The van der Waals surface area contributed by atoms with E-state index in [4.69, 9.17) is 11.6 Å². The summed E-state index contributed by atoms with van der Waals surface area (Å²) in [6, 6.07) is 15.7. The maximum Gasteiger partial charge on any atom is 0.226 e. The highest BCUT2D eigenvalue weighted by atomic mass is 35.5. The van der Waals surface area contributed by atoms with Gasteiger partial charge >= 0.3 is 0 Å². The number of carbonyl (C=O) groups is 1. The van der Waals surface area contributed by atoms with E-state index < -0.39 is 0 Å². The summed E-state index contributed by atoms with van der Waals surface area (Å²) in [5, 5.41) is 6.49. The topological polar surface area (TPSA) is 42.0 Å². The molecule has 0 radical (unpaired) electrons. The zero-order chi connectivity index (χ0) is 16.9. The molecule has 1 N–H and O–H groups in total. The van der Waals surface area contributed by atoms with Crippen molar-refractivity contribution in [2.24, 2.45) is 0 Å². The number of amides is 1. The van der Waals surface area contributed by atoms with Gasteiger partial charge in [-0.05, 0) is 30.7 Å². The number of carbonyl (C=O) groups excluding carboxylic acids is 1. The fourth-order valence-corrected chi connectivity index (χ4v) is 3.27. The van der Waals surface area contributed by atoms with Crippen molar-refractivity contribution in [3.05, 3.63) is 75.8 Å². The Morgan fingerprint density at radius 3 is 2.75 bits per heavy atom. The van der Waals surface area contributed by atoms with E-state index in [1.54, 1.807) is 11.3 Å². The van der Waals surface area contributed by atoms with Crippen LogP contribution < -0.4 is 5.32 Å². The monoisotopic (exact) mass is 356 g/mol. The van der Waals surface area contributed by atoms with Gasteiger partial charge in [-0.3, -0.25) is 4.79 Å². The van der Waals surface area contributed by atoms with Gasteiger partial charge < -0.3 is 5.32 Å². The summed E-state index contributed by atoms with van der Waals surface area (Å²) in [7, 11) is 0. The Labute approximate surface area is 150 Å². The van der Waals surface area contributed by atoms with Crippen molar-refractivity contribution in [1.29, 1.82) is 0 Å². The van der Waals surface area contributed by atoms with Crippen LogP contribution in [-0.2, 0) is 17.8 Å². The number of halogens is 1. The van der Waals surface area contributed by atoms with Gasteiger partial charge in [-0.2, -0.15) is 0 Å². The molecule has 2 aromatic carbocycles. The van der Waals surface area contributed by atoms with Gasteiger partial charge in [0.1, 0.15) is 5.01 Å². The van der Waals surface area contributed by atoms with E-state index in [0.29, 0.717) is 11.6 Å². The first-order chi connectivity index (χ1) is 11.6. The lowest BCUT2D eigenvalue weighted by Crippen LogP contribution is -2.24. The zero-order valence-corrected chi connectivity index (χ0v) is 14.8. The van der Waals surface area contributed by atoms with Gasteiger partial charge in [-0.1, -0.05) is 47.5 Å². The van der Waals surface area contributed by atoms with E-state index in [9.17, 15) is 4.79 Å². The molecule has 24 heavy (non-hydrogen) atoms. The molecule has 1 heterocycles. The molecule has 0 unspecified atom stereocenters. The van der Waals surface area contributed by atoms with Gasteiger partial charge in [0.15, 0.2) is 0 Å². The summed E-state index contributed by atoms with van der Waals surface area (Å²) in [6.45, 7) is 2.55. The number of thiazole rings is 1. The molecule has 0 saturated carbocycles. The molecular weight excluding hydrogens is 340 g/mol. The standard InChI is InChI=1S/C19H17ClN2OS/c1-13-3-2-4-15(9-13)19-22-17(12-24-19)10-18(23)21-11-14-5-7-16(20)8-6-14/h2-9,12H,10-11H2,1H3,(H,21,23). The number of aromatic nitrogens is 1. The van der Waals surface area contributed by atoms with E-state index in [1.807, 2.05) is 41.8 Å². The summed E-state index contributed by atoms with van der Waals surface area (Å²) in [5.74, 6) is -0.0361. The van der Waals surface area contributed by atoms with Crippen molar-refractivity contribution in [2.45, 2.75) is 19.9 Å². The quantitative estimate of drug-likeness (QED) is 0.724. The number of benzene rings is 2. The van der Waals surface area contributed by atoms with Crippen LogP contribution in [0.25, 0.3) is 10.6 Å². The molecule has 3 rings (SSSR count). The number of nitrogens with zero attached hydrogens (tertiary/aromatic N) is 1. The van der Waals surface area contributed by atoms with Gasteiger partial charge in [-0.15, -0.1) is 11.3 Å². The first-order valence-electron chi connectivity index (χ1n) is 7.63. The van der Waals surface area contributed by atoms with Crippen LogP contribution in [0.2, 0.25) is 5.02 Å². The highest BCUT2D eigenvalue weighted by Crippen LogP contribution is 2.24. The van der Waals surface area contributed by atoms with Crippen LogP contribution in [0.3, 0.4) is 0 Å². The molecule has 0 aliphatic rings. The van der Waals surface area contributed by atoms with E-state index in [2.05, 4.69) is 29.4 Å². The van der Waals surface area contributed by atoms with Crippen molar-refractivity contribution >= 4 is 28.8 Å². The van der Waals surface area contributed by atoms with Crippen LogP contribution in [0.5, 0.6) is 0 Å². The van der Waals surface area contributed by atoms with Crippen LogP contribution in [-0.4, -0.2) is 10.9 Å². The molecule has 3 nitrogen and oxygen atoms in total. The number of aryl methyl sites for hydroxylation is 1. The predicted molar refractivity (Wildman–Crippen MR) is 99.3 cm³/mol. The third kappa shape index (κ3) is 4.43. The highest BCUT2D eigenvalue weighted by Gasteiger charge is 2.09. The largest absolute Gasteiger partial charge is 0.352 e. The summed E-state index contributed by atoms with van der Waals surface area (Å²) in [5.41, 5.74) is 4.11. The highest BCUT2D eigenvalue weighted by molar-refractivity contribution is 7.13. The Balaban J connectivity index is 1.58. The summed E-state index contributed by atoms with van der Waals surface area (Å²) in [6.07, 6.45) is 0.288. The second kappa shape index (κ2) is 7.60. The Morgan fingerprint density at radius 2 is 2.00 bits per heavy atom. The Hall–Kier alpha value is -2.17. The van der Waals surface area contributed by atoms with Crippen LogP contribution in [0.4, 0.5) is 0 Å². The lowest BCUT2D eigenvalue weighted by atomic mass is 10.1. The normalized spacial score (nSPS) is 10.6. The van der Waals surface area contributed by atoms with Gasteiger partial charge in [0, 0.05) is 22.5 Å². The SMILES string of the molecule is Cc1cccc(-c2nc(CC(=O)NCc3ccc(Cl)cc3)cs2)c1. The summed E-state index contributed by atoms with van der Waals surface area (Å²) >= 11 is 7.41. The van der Waals surface area contributed by atoms with Crippen LogP contribution in [0.1, 0.15) is 16.8 Å². The zero-order valence-electron chi connectivity index (χ0n) is 13.3. The number of hydrogen-bond acceptors (Lipinski definition) is 3. The molecule has 0 aliphatic carbocycles. The second-order valence-electron chi connectivity index (χ2n) is 5.59. The predicted octanol–water partition coefficient (Wildman–Crippen LogP) is 4.63. The molecule has 0 atom stereocenters. The Morgan fingerprint density at radius 1 is 1.21 bits per heavy atom. The van der Waals surface area contributed by atoms with E-state index in [0.717, 1.165) is 21.8 Å². The molecule has 3 aromatic rings. The second-order valence-corrected chi connectivity index (χ2v) is 6.89. The van der Waals surface area contributed by atoms with E-state index in [1.165, 1.54) is 5.56 Å². The number of nitrogens with one attached hydrogen (secondary N) is 1. The lowest BCUT2D eigenvalue weighted by molar-refractivity contribution is -0.120. The maximum atomic E-state index is 12.1. The third-order valence-electron chi connectivity index (χ3n) is 3.56. The van der Waals surface area contributed by atoms with E-state index >= 15 is 0 Å². The minimum atomic E-state index is -0.0361. The van der Waals surface area contributed by atoms with Crippen molar-refractivity contribution < 1.29 is 4.79 Å². The summed E-state index contributed by atoms with van der Waals surface area (Å²) < 4.78 is 0. The molecule has 0 spiro atoms. The van der Waals surface area contributed by atoms with Crippen molar-refractivity contribution in [2.75, 3.05) is 0 Å². The van der Waals surface area contributed by atoms with Crippen LogP contribution >= 0.6 is 22.9 Å². The molecule has 1 amide bonds. The van der Waals surface area contributed by atoms with Gasteiger partial charge in [0.2, 0.25) is 5.91 Å². The molecule has 0 saturated heterocycles. The number of rotatable bonds is 5. The molecule has 5 heteroatoms. The molecule has 1 aromatic heterocycles. The smallest absolute Gasteiger partial charge is 0.226 e. The van der Waals surface area contributed by atoms with Gasteiger partial charge in [-0.25, -0.2) is 4.98 Å². The fourth-order valence-electron chi connectivity index (χ4n) is 2.33. The minimum absolute atomic E-state index is 0.0361. The molecule has 0 fully saturated rings. The first-order valence-corrected chi connectivity index (χ1v) is 8.88. The maximum absolute atomic E-state index is 12.1. The molecule has 0 aliphatic heterocycles.